The second kappa shape index (κ2) is 34.1. The van der Waals surface area contributed by atoms with E-state index in [4.69, 9.17) is 24.8 Å². The van der Waals surface area contributed by atoms with Crippen molar-refractivity contribution in [3.05, 3.63) is 24.3 Å². The van der Waals surface area contributed by atoms with Crippen molar-refractivity contribution in [2.45, 2.75) is 180 Å². The molecule has 11 nitrogen and oxygen atoms in total. The number of rotatable bonds is 36. The van der Waals surface area contributed by atoms with Crippen LogP contribution in [0, 0.1) is 0 Å². The van der Waals surface area contributed by atoms with Crippen molar-refractivity contribution >= 4 is 25.7 Å². The lowest BCUT2D eigenvalue weighted by Gasteiger charge is -2.20. The van der Waals surface area contributed by atoms with Crippen LogP contribution in [0.25, 0.3) is 0 Å². The Morgan fingerprint density at radius 2 is 1.06 bits per heavy atom. The second-order valence-electron chi connectivity index (χ2n) is 13.1. The van der Waals surface area contributed by atoms with Crippen LogP contribution >= 0.6 is 7.82 Å². The van der Waals surface area contributed by atoms with Crippen molar-refractivity contribution in [3.63, 3.8) is 0 Å². The largest absolute Gasteiger partial charge is 0.480 e. The minimum atomic E-state index is -4.70. The smallest absolute Gasteiger partial charge is 0.472 e. The van der Waals surface area contributed by atoms with Crippen LogP contribution in [0.15, 0.2) is 24.3 Å². The van der Waals surface area contributed by atoms with Crippen molar-refractivity contribution in [2.75, 3.05) is 19.8 Å². The molecule has 292 valence electrons. The summed E-state index contributed by atoms with van der Waals surface area (Å²) >= 11 is 0. The van der Waals surface area contributed by atoms with Crippen LogP contribution in [-0.4, -0.2) is 59.9 Å². The SMILES string of the molecule is CCCCC/C=C\C/C=C\CCCCCCCCCCCC(=O)OC(COC(=O)CCCCCCCCC)COP(=O)(O)OCC(N)C(=O)O. The molecule has 0 radical (unpaired) electrons. The standard InChI is InChI=1S/C38H70NO10P/c1-3-5-7-9-11-12-13-14-15-16-17-18-19-20-21-22-24-26-28-30-37(41)49-34(32-47-50(44,45)48-33-35(39)38(42)43)31-46-36(40)29-27-25-23-10-8-6-4-2/h11-12,14-15,34-35H,3-10,13,16-33,39H2,1-2H3,(H,42,43)(H,44,45)/b12-11-,15-14-. The number of ether oxygens (including phenoxy) is 2. The highest BCUT2D eigenvalue weighted by molar-refractivity contribution is 7.47. The first-order valence-electron chi connectivity index (χ1n) is 19.4. The van der Waals surface area contributed by atoms with Gasteiger partial charge >= 0.3 is 25.7 Å². The number of hydrogen-bond donors (Lipinski definition) is 3. The molecule has 0 aliphatic heterocycles. The van der Waals surface area contributed by atoms with Crippen LogP contribution in [0.1, 0.15) is 168 Å². The summed E-state index contributed by atoms with van der Waals surface area (Å²) in [5, 5.41) is 8.84. The number of carbonyl (C=O) groups is 3. The summed E-state index contributed by atoms with van der Waals surface area (Å²) in [5.74, 6) is -2.39. The highest BCUT2D eigenvalue weighted by atomic mass is 31.2. The molecular weight excluding hydrogens is 661 g/mol. The van der Waals surface area contributed by atoms with E-state index in [1.165, 1.54) is 77.0 Å². The Morgan fingerprint density at radius 1 is 0.620 bits per heavy atom. The van der Waals surface area contributed by atoms with Crippen LogP contribution in [0.3, 0.4) is 0 Å². The molecule has 4 N–H and O–H groups in total. The third kappa shape index (κ3) is 33.1. The van der Waals surface area contributed by atoms with Crippen molar-refractivity contribution in [1.29, 1.82) is 0 Å². The van der Waals surface area contributed by atoms with E-state index in [0.29, 0.717) is 12.8 Å². The lowest BCUT2D eigenvalue weighted by atomic mass is 10.1. The molecule has 12 heteroatoms. The van der Waals surface area contributed by atoms with Crippen molar-refractivity contribution in [2.24, 2.45) is 5.73 Å². The van der Waals surface area contributed by atoms with E-state index in [9.17, 15) is 23.8 Å². The quantitative estimate of drug-likeness (QED) is 0.0242. The molecule has 0 rings (SSSR count). The van der Waals surface area contributed by atoms with Crippen LogP contribution in [-0.2, 0) is 37.5 Å². The van der Waals surface area contributed by atoms with E-state index < -0.39 is 51.1 Å². The summed E-state index contributed by atoms with van der Waals surface area (Å²) in [7, 11) is -4.70. The number of hydrogen-bond acceptors (Lipinski definition) is 9. The third-order valence-corrected chi connectivity index (χ3v) is 9.15. The maximum absolute atomic E-state index is 12.5. The molecule has 0 aromatic rings. The predicted octanol–water partition coefficient (Wildman–Crippen LogP) is 9.50. The first kappa shape index (κ1) is 48.0. The maximum atomic E-state index is 12.5. The molecule has 0 aliphatic rings. The minimum Gasteiger partial charge on any atom is -0.480 e. The van der Waals surface area contributed by atoms with Gasteiger partial charge in [-0.25, -0.2) is 4.57 Å². The lowest BCUT2D eigenvalue weighted by molar-refractivity contribution is -0.161. The molecule has 0 amide bonds. The minimum absolute atomic E-state index is 0.158. The first-order chi connectivity index (χ1) is 24.1. The van der Waals surface area contributed by atoms with Crippen LogP contribution in [0.5, 0.6) is 0 Å². The first-order valence-corrected chi connectivity index (χ1v) is 20.9. The number of carboxylic acid groups (broad SMARTS) is 1. The van der Waals surface area contributed by atoms with E-state index in [1.54, 1.807) is 0 Å². The van der Waals surface area contributed by atoms with Crippen LogP contribution in [0.2, 0.25) is 0 Å². The van der Waals surface area contributed by atoms with Crippen molar-refractivity contribution in [3.8, 4) is 0 Å². The zero-order valence-electron chi connectivity index (χ0n) is 31.2. The van der Waals surface area contributed by atoms with E-state index in [2.05, 4.69) is 42.7 Å². The Bertz CT molecular complexity index is 958. The molecule has 0 fully saturated rings. The summed E-state index contributed by atoms with van der Waals surface area (Å²) in [5.41, 5.74) is 5.31. The van der Waals surface area contributed by atoms with Gasteiger partial charge in [0.25, 0.3) is 0 Å². The van der Waals surface area contributed by atoms with Gasteiger partial charge in [-0.2, -0.15) is 0 Å². The van der Waals surface area contributed by atoms with Gasteiger partial charge in [-0.1, -0.05) is 134 Å². The molecule has 50 heavy (non-hydrogen) atoms. The maximum Gasteiger partial charge on any atom is 0.472 e. The van der Waals surface area contributed by atoms with E-state index in [0.717, 1.165) is 51.4 Å². The van der Waals surface area contributed by atoms with E-state index in [-0.39, 0.29) is 19.4 Å². The second-order valence-corrected chi connectivity index (χ2v) is 14.5. The highest BCUT2D eigenvalue weighted by Crippen LogP contribution is 2.43. The number of carboxylic acids is 1. The number of carbonyl (C=O) groups excluding carboxylic acids is 2. The van der Waals surface area contributed by atoms with Gasteiger partial charge in [0.05, 0.1) is 13.2 Å². The zero-order chi connectivity index (χ0) is 37.1. The number of phosphoric acid groups is 1. The normalized spacial score (nSPS) is 14.2. The molecule has 3 atom stereocenters. The number of allylic oxidation sites excluding steroid dienone is 4. The van der Waals surface area contributed by atoms with E-state index in [1.807, 2.05) is 0 Å². The Hall–Kier alpha value is -2.04. The third-order valence-electron chi connectivity index (χ3n) is 8.20. The summed E-state index contributed by atoms with van der Waals surface area (Å²) in [6, 6.07) is -1.52. The lowest BCUT2D eigenvalue weighted by Crippen LogP contribution is -2.34. The van der Waals surface area contributed by atoms with Gasteiger partial charge in [0, 0.05) is 12.8 Å². The summed E-state index contributed by atoms with van der Waals surface area (Å²) < 4.78 is 32.5. The number of nitrogens with two attached hydrogens (primary N) is 1. The van der Waals surface area contributed by atoms with Crippen molar-refractivity contribution < 1.29 is 47.5 Å². The van der Waals surface area contributed by atoms with Crippen LogP contribution < -0.4 is 5.73 Å². The average Bonchev–Trinajstić information content (AvgIpc) is 3.09. The molecule has 0 aromatic heterocycles. The molecule has 0 aliphatic carbocycles. The van der Waals surface area contributed by atoms with Gasteiger partial charge in [0.2, 0.25) is 0 Å². The summed E-state index contributed by atoms with van der Waals surface area (Å²) in [6.45, 7) is 2.71. The van der Waals surface area contributed by atoms with Gasteiger partial charge in [-0.05, 0) is 44.9 Å². The summed E-state index contributed by atoms with van der Waals surface area (Å²) in [6.07, 6.45) is 32.7. The Balaban J connectivity index is 4.31. The van der Waals surface area contributed by atoms with E-state index >= 15 is 0 Å². The molecule has 0 aromatic carbocycles. The van der Waals surface area contributed by atoms with Gasteiger partial charge < -0.3 is 25.2 Å². The highest BCUT2D eigenvalue weighted by Gasteiger charge is 2.28. The molecule has 3 unspecified atom stereocenters. The fourth-order valence-corrected chi connectivity index (χ4v) is 5.87. The Morgan fingerprint density at radius 3 is 1.60 bits per heavy atom. The van der Waals surface area contributed by atoms with Gasteiger partial charge in [0.1, 0.15) is 12.6 Å². The molecule has 0 bridgehead atoms. The molecule has 0 heterocycles. The number of esters is 2. The monoisotopic (exact) mass is 731 g/mol. The number of aliphatic carboxylic acids is 1. The van der Waals surface area contributed by atoms with Gasteiger partial charge in [-0.3, -0.25) is 23.4 Å². The summed E-state index contributed by atoms with van der Waals surface area (Å²) in [4.78, 5) is 45.6. The molecule has 0 saturated heterocycles. The van der Waals surface area contributed by atoms with Gasteiger partial charge in [-0.15, -0.1) is 0 Å². The van der Waals surface area contributed by atoms with Gasteiger partial charge in [0.15, 0.2) is 6.10 Å². The topological polar surface area (TPSA) is 172 Å². The fourth-order valence-electron chi connectivity index (χ4n) is 5.09. The van der Waals surface area contributed by atoms with Crippen LogP contribution in [0.4, 0.5) is 0 Å². The molecule has 0 spiro atoms. The Labute approximate surface area is 302 Å². The number of phosphoric ester groups is 1. The zero-order valence-corrected chi connectivity index (χ0v) is 32.1. The number of unbranched alkanes of at least 4 members (excludes halogenated alkanes) is 18. The Kier molecular flexibility index (Phi) is 32.7. The predicted molar refractivity (Wildman–Crippen MR) is 199 cm³/mol. The van der Waals surface area contributed by atoms with Crippen molar-refractivity contribution in [1.82, 2.24) is 0 Å². The fraction of sp³-hybridized carbons (Fsp3) is 0.816. The average molecular weight is 732 g/mol. The molecule has 0 saturated carbocycles. The molecular formula is C38H70NO10P.